The Bertz CT molecular complexity index is 588. The fourth-order valence-corrected chi connectivity index (χ4v) is 2.61. The van der Waals surface area contributed by atoms with Gasteiger partial charge < -0.3 is 0 Å². The third-order valence-corrected chi connectivity index (χ3v) is 3.47. The number of aryl methyl sites for hydroxylation is 1. The van der Waals surface area contributed by atoms with Crippen molar-refractivity contribution in [1.29, 1.82) is 5.26 Å². The van der Waals surface area contributed by atoms with E-state index in [4.69, 9.17) is 5.26 Å². The molecule has 1 heteroatoms. The van der Waals surface area contributed by atoms with Crippen molar-refractivity contribution < 1.29 is 0 Å². The minimum atomic E-state index is 0.723. The zero-order valence-electron chi connectivity index (χ0n) is 9.61. The number of nitriles is 1. The lowest BCUT2D eigenvalue weighted by molar-refractivity contribution is 0.912. The van der Waals surface area contributed by atoms with Crippen LogP contribution in [0, 0.1) is 11.3 Å². The van der Waals surface area contributed by atoms with Crippen LogP contribution in [0.2, 0.25) is 0 Å². The zero-order chi connectivity index (χ0) is 11.7. The van der Waals surface area contributed by atoms with Crippen LogP contribution in [0.3, 0.4) is 0 Å². The molecule has 0 heterocycles. The second-order valence-corrected chi connectivity index (χ2v) is 4.49. The van der Waals surface area contributed by atoms with E-state index in [1.165, 1.54) is 41.5 Å². The molecule has 0 spiro atoms. The summed E-state index contributed by atoms with van der Waals surface area (Å²) in [4.78, 5) is 0. The topological polar surface area (TPSA) is 23.8 Å². The molecule has 1 nitrogen and oxygen atoms in total. The number of rotatable bonds is 1. The van der Waals surface area contributed by atoms with E-state index < -0.39 is 0 Å². The number of fused-ring (bicyclic) bond motifs is 1. The van der Waals surface area contributed by atoms with Crippen LogP contribution in [0.4, 0.5) is 0 Å². The Kier molecular flexibility index (Phi) is 2.42. The Labute approximate surface area is 101 Å². The molecule has 0 aliphatic heterocycles. The summed E-state index contributed by atoms with van der Waals surface area (Å²) in [7, 11) is 0. The Morgan fingerprint density at radius 2 is 1.76 bits per heavy atom. The summed E-state index contributed by atoms with van der Waals surface area (Å²) in [5.41, 5.74) is 6.28. The van der Waals surface area contributed by atoms with Gasteiger partial charge >= 0.3 is 0 Å². The van der Waals surface area contributed by atoms with Gasteiger partial charge in [-0.15, -0.1) is 0 Å². The maximum absolute atomic E-state index is 8.80. The van der Waals surface area contributed by atoms with Crippen LogP contribution in [0.25, 0.3) is 11.1 Å². The average molecular weight is 219 g/mol. The van der Waals surface area contributed by atoms with E-state index in [1.54, 1.807) is 0 Å². The fourth-order valence-electron chi connectivity index (χ4n) is 2.61. The first-order valence-corrected chi connectivity index (χ1v) is 6.00. The van der Waals surface area contributed by atoms with E-state index >= 15 is 0 Å². The lowest BCUT2D eigenvalue weighted by Crippen LogP contribution is -1.88. The normalized spacial score (nSPS) is 13.1. The standard InChI is InChI=1S/C16H13N/c17-11-12-7-9-14(10-8-12)16-6-2-4-13-3-1-5-15(13)16/h2,4,6-10H,1,3,5H2. The van der Waals surface area contributed by atoms with Gasteiger partial charge in [-0.1, -0.05) is 30.3 Å². The summed E-state index contributed by atoms with van der Waals surface area (Å²) in [5, 5.41) is 8.80. The third-order valence-electron chi connectivity index (χ3n) is 3.47. The summed E-state index contributed by atoms with van der Waals surface area (Å²) in [6.45, 7) is 0. The van der Waals surface area contributed by atoms with Crippen LogP contribution in [0.15, 0.2) is 42.5 Å². The summed E-state index contributed by atoms with van der Waals surface area (Å²) in [5.74, 6) is 0. The van der Waals surface area contributed by atoms with Gasteiger partial charge in [0.05, 0.1) is 11.6 Å². The molecule has 0 N–H and O–H groups in total. The maximum atomic E-state index is 8.80. The van der Waals surface area contributed by atoms with E-state index in [0.717, 1.165) is 5.56 Å². The second kappa shape index (κ2) is 4.07. The van der Waals surface area contributed by atoms with Crippen molar-refractivity contribution in [3.63, 3.8) is 0 Å². The van der Waals surface area contributed by atoms with E-state index in [1.807, 2.05) is 24.3 Å². The predicted octanol–water partition coefficient (Wildman–Crippen LogP) is 3.71. The molecule has 1 aliphatic rings. The van der Waals surface area contributed by atoms with Gasteiger partial charge in [0.15, 0.2) is 0 Å². The molecular weight excluding hydrogens is 206 g/mol. The molecule has 2 aromatic carbocycles. The van der Waals surface area contributed by atoms with Gasteiger partial charge in [-0.2, -0.15) is 5.26 Å². The van der Waals surface area contributed by atoms with Crippen LogP contribution < -0.4 is 0 Å². The number of hydrogen-bond acceptors (Lipinski definition) is 1. The minimum absolute atomic E-state index is 0.723. The smallest absolute Gasteiger partial charge is 0.0991 e. The highest BCUT2D eigenvalue weighted by Gasteiger charge is 2.14. The average Bonchev–Trinajstić information content (AvgIpc) is 2.87. The van der Waals surface area contributed by atoms with Gasteiger partial charge in [-0.05, 0) is 53.6 Å². The summed E-state index contributed by atoms with van der Waals surface area (Å²) >= 11 is 0. The largest absolute Gasteiger partial charge is 0.192 e. The molecular formula is C16H13N. The van der Waals surface area contributed by atoms with Gasteiger partial charge in [0.1, 0.15) is 0 Å². The summed E-state index contributed by atoms with van der Waals surface area (Å²) < 4.78 is 0. The van der Waals surface area contributed by atoms with Gasteiger partial charge in [0.25, 0.3) is 0 Å². The molecule has 0 fully saturated rings. The molecule has 0 radical (unpaired) electrons. The molecule has 17 heavy (non-hydrogen) atoms. The van der Waals surface area contributed by atoms with Crippen molar-refractivity contribution in [3.8, 4) is 17.2 Å². The van der Waals surface area contributed by atoms with Crippen molar-refractivity contribution in [2.75, 3.05) is 0 Å². The zero-order valence-corrected chi connectivity index (χ0v) is 9.61. The maximum Gasteiger partial charge on any atom is 0.0991 e. The Morgan fingerprint density at radius 1 is 0.941 bits per heavy atom. The lowest BCUT2D eigenvalue weighted by atomic mass is 9.96. The predicted molar refractivity (Wildman–Crippen MR) is 68.6 cm³/mol. The van der Waals surface area contributed by atoms with Crippen LogP contribution in [0.5, 0.6) is 0 Å². The number of benzene rings is 2. The Hall–Kier alpha value is -2.07. The molecule has 0 unspecified atom stereocenters. The SMILES string of the molecule is N#Cc1ccc(-c2cccc3c2CCC3)cc1. The monoisotopic (exact) mass is 219 g/mol. The van der Waals surface area contributed by atoms with Crippen LogP contribution in [-0.2, 0) is 12.8 Å². The summed E-state index contributed by atoms with van der Waals surface area (Å²) in [6.07, 6.45) is 3.66. The first-order chi connectivity index (χ1) is 8.38. The van der Waals surface area contributed by atoms with Crippen molar-refractivity contribution in [1.82, 2.24) is 0 Å². The fraction of sp³-hybridized carbons (Fsp3) is 0.188. The Balaban J connectivity index is 2.10. The van der Waals surface area contributed by atoms with Crippen molar-refractivity contribution in [3.05, 3.63) is 59.2 Å². The van der Waals surface area contributed by atoms with Crippen LogP contribution in [-0.4, -0.2) is 0 Å². The molecule has 0 amide bonds. The number of nitrogens with zero attached hydrogens (tertiary/aromatic N) is 1. The van der Waals surface area contributed by atoms with Crippen molar-refractivity contribution >= 4 is 0 Å². The quantitative estimate of drug-likeness (QED) is 0.717. The molecule has 1 aliphatic carbocycles. The van der Waals surface area contributed by atoms with Crippen molar-refractivity contribution in [2.45, 2.75) is 19.3 Å². The minimum Gasteiger partial charge on any atom is -0.192 e. The van der Waals surface area contributed by atoms with Gasteiger partial charge in [-0.3, -0.25) is 0 Å². The molecule has 82 valence electrons. The molecule has 0 aromatic heterocycles. The van der Waals surface area contributed by atoms with Gasteiger partial charge in [0.2, 0.25) is 0 Å². The third kappa shape index (κ3) is 1.72. The van der Waals surface area contributed by atoms with E-state index in [9.17, 15) is 0 Å². The first kappa shape index (κ1) is 10.1. The molecule has 2 aromatic rings. The van der Waals surface area contributed by atoms with E-state index in [0.29, 0.717) is 0 Å². The van der Waals surface area contributed by atoms with Crippen molar-refractivity contribution in [2.24, 2.45) is 0 Å². The highest BCUT2D eigenvalue weighted by molar-refractivity contribution is 5.70. The number of hydrogen-bond donors (Lipinski definition) is 0. The highest BCUT2D eigenvalue weighted by atomic mass is 14.2. The lowest BCUT2D eigenvalue weighted by Gasteiger charge is -2.08. The van der Waals surface area contributed by atoms with E-state index in [2.05, 4.69) is 24.3 Å². The van der Waals surface area contributed by atoms with Crippen LogP contribution >= 0.6 is 0 Å². The Morgan fingerprint density at radius 3 is 2.53 bits per heavy atom. The first-order valence-electron chi connectivity index (χ1n) is 6.00. The molecule has 0 bridgehead atoms. The molecule has 0 saturated heterocycles. The molecule has 0 atom stereocenters. The highest BCUT2D eigenvalue weighted by Crippen LogP contribution is 2.32. The van der Waals surface area contributed by atoms with Crippen LogP contribution in [0.1, 0.15) is 23.1 Å². The second-order valence-electron chi connectivity index (χ2n) is 4.49. The molecule has 0 saturated carbocycles. The summed E-state index contributed by atoms with van der Waals surface area (Å²) in [6, 6.07) is 16.6. The molecule has 3 rings (SSSR count). The van der Waals surface area contributed by atoms with Gasteiger partial charge in [0, 0.05) is 0 Å². The van der Waals surface area contributed by atoms with E-state index in [-0.39, 0.29) is 0 Å². The van der Waals surface area contributed by atoms with Gasteiger partial charge in [-0.25, -0.2) is 0 Å².